The molecular weight excluding hydrogens is 378 g/mol. The first kappa shape index (κ1) is 22.3. The molecule has 0 aromatic heterocycles. The van der Waals surface area contributed by atoms with Crippen LogP contribution in [-0.4, -0.2) is 13.1 Å². The zero-order valence-corrected chi connectivity index (χ0v) is 14.1. The van der Waals surface area contributed by atoms with Gasteiger partial charge in [0, 0.05) is 0 Å². The Morgan fingerprint density at radius 2 is 1.48 bits per heavy atom. The average Bonchev–Trinajstić information content (AvgIpc) is 2.60. The van der Waals surface area contributed by atoms with Gasteiger partial charge in [-0.3, -0.25) is 4.79 Å². The lowest BCUT2D eigenvalue weighted by molar-refractivity contribution is -0.138. The Labute approximate surface area is 151 Å². The molecule has 0 aliphatic heterocycles. The average molecular weight is 394 g/mol. The zero-order chi connectivity index (χ0) is 20.5. The fraction of sp³-hybridized carbons (Fsp3) is 0.278. The Hall–Kier alpha value is -2.71. The molecule has 2 aromatic carbocycles. The van der Waals surface area contributed by atoms with Gasteiger partial charge in [0.15, 0.2) is 0 Å². The molecule has 27 heavy (non-hydrogen) atoms. The van der Waals surface area contributed by atoms with E-state index in [0.29, 0.717) is 13.1 Å². The second kappa shape index (κ2) is 9.84. The summed E-state index contributed by atoms with van der Waals surface area (Å²) >= 11 is 0. The molecule has 0 atom stereocenters. The van der Waals surface area contributed by atoms with Crippen LogP contribution in [0.5, 0.6) is 5.75 Å². The van der Waals surface area contributed by atoms with Crippen molar-refractivity contribution in [3.05, 3.63) is 65.2 Å². The van der Waals surface area contributed by atoms with Gasteiger partial charge in [-0.15, -0.1) is 0 Å². The van der Waals surface area contributed by atoms with E-state index in [1.54, 1.807) is 6.92 Å². The van der Waals surface area contributed by atoms with Crippen molar-refractivity contribution < 1.29 is 40.6 Å². The number of carbonyl (C=O) groups excluding carboxylic acids is 1. The lowest BCUT2D eigenvalue weighted by Crippen LogP contribution is -2.06. The molecule has 0 saturated heterocycles. The Bertz CT molecular complexity index is 708. The number of hydrogen-bond donors (Lipinski definition) is 0. The Morgan fingerprint density at radius 3 is 1.93 bits per heavy atom. The van der Waals surface area contributed by atoms with E-state index in [1.807, 2.05) is 0 Å². The molecule has 148 valence electrons. The van der Waals surface area contributed by atoms with Crippen LogP contribution in [0.3, 0.4) is 0 Å². The number of alkyl halides is 6. The van der Waals surface area contributed by atoms with E-state index in [0.717, 1.165) is 36.4 Å². The van der Waals surface area contributed by atoms with Crippen LogP contribution in [0.15, 0.2) is 48.5 Å². The molecule has 0 aliphatic rings. The first-order valence-corrected chi connectivity index (χ1v) is 7.59. The summed E-state index contributed by atoms with van der Waals surface area (Å²) in [5, 5.41) is 0. The Kier molecular flexibility index (Phi) is 8.14. The predicted octanol–water partition coefficient (Wildman–Crippen LogP) is 5.48. The molecule has 0 spiro atoms. The van der Waals surface area contributed by atoms with E-state index >= 15 is 0 Å². The third-order valence-corrected chi connectivity index (χ3v) is 3.08. The molecule has 0 unspecified atom stereocenters. The maximum Gasteiger partial charge on any atom is 0.416 e. The summed E-state index contributed by atoms with van der Waals surface area (Å²) in [6, 6.07) is 8.50. The number of hydrogen-bond acceptors (Lipinski definition) is 3. The summed E-state index contributed by atoms with van der Waals surface area (Å²) in [6.45, 7) is 2.49. The van der Waals surface area contributed by atoms with Crippen molar-refractivity contribution in [3.8, 4) is 5.75 Å². The molecule has 0 amide bonds. The highest BCUT2D eigenvalue weighted by Gasteiger charge is 2.31. The van der Waals surface area contributed by atoms with Crippen molar-refractivity contribution in [1.82, 2.24) is 0 Å². The maximum absolute atomic E-state index is 12.5. The van der Waals surface area contributed by atoms with Crippen molar-refractivity contribution in [1.29, 1.82) is 0 Å². The summed E-state index contributed by atoms with van der Waals surface area (Å²) in [6.07, 6.45) is -8.90. The number of halogens is 6. The lowest BCUT2D eigenvalue weighted by atomic mass is 10.1. The number of carbonyl (C=O) groups is 1. The van der Waals surface area contributed by atoms with Crippen molar-refractivity contribution in [2.45, 2.75) is 25.9 Å². The van der Waals surface area contributed by atoms with Gasteiger partial charge in [-0.25, -0.2) is 0 Å². The van der Waals surface area contributed by atoms with Crippen molar-refractivity contribution in [2.24, 2.45) is 0 Å². The molecule has 0 radical (unpaired) electrons. The second-order valence-electron chi connectivity index (χ2n) is 5.06. The molecule has 2 rings (SSSR count). The van der Waals surface area contributed by atoms with Crippen LogP contribution in [0, 0.1) is 0 Å². The minimum atomic E-state index is -4.45. The summed E-state index contributed by atoms with van der Waals surface area (Å²) in [5.41, 5.74) is -1.35. The third kappa shape index (κ3) is 8.02. The first-order valence-electron chi connectivity index (χ1n) is 7.59. The van der Waals surface area contributed by atoms with Crippen LogP contribution in [0.2, 0.25) is 0 Å². The molecule has 0 bridgehead atoms. The number of ether oxygens (including phenoxy) is 2. The van der Waals surface area contributed by atoms with Gasteiger partial charge in [-0.05, 0) is 48.9 Å². The van der Waals surface area contributed by atoms with Crippen LogP contribution < -0.4 is 4.74 Å². The quantitative estimate of drug-likeness (QED) is 0.498. The molecule has 2 aromatic rings. The molecule has 0 aliphatic carbocycles. The highest BCUT2D eigenvalue weighted by molar-refractivity contribution is 5.36. The van der Waals surface area contributed by atoms with E-state index in [1.165, 1.54) is 12.1 Å². The van der Waals surface area contributed by atoms with Gasteiger partial charge in [0.25, 0.3) is 6.47 Å². The minimum absolute atomic E-state index is 0.144. The van der Waals surface area contributed by atoms with Crippen LogP contribution in [0.1, 0.15) is 23.6 Å². The Morgan fingerprint density at radius 1 is 0.889 bits per heavy atom. The maximum atomic E-state index is 12.5. The largest absolute Gasteiger partial charge is 0.489 e. The van der Waals surface area contributed by atoms with Gasteiger partial charge in [-0.2, -0.15) is 26.3 Å². The molecule has 0 heterocycles. The first-order chi connectivity index (χ1) is 12.6. The molecule has 0 fully saturated rings. The van der Waals surface area contributed by atoms with Crippen molar-refractivity contribution in [2.75, 3.05) is 6.61 Å². The smallest absolute Gasteiger partial charge is 0.416 e. The standard InChI is InChI=1S/C15H10F6O.C3H6O2/c16-14(17,18)11-4-6-13(7-5-11)22-9-10-2-1-3-12(8-10)15(19,20)21;1-2-5-3-4/h1-8H,9H2;3H,2H2,1H3. The summed E-state index contributed by atoms with van der Waals surface area (Å²) in [7, 11) is 0. The van der Waals surface area contributed by atoms with E-state index in [2.05, 4.69) is 4.74 Å². The van der Waals surface area contributed by atoms with E-state index in [4.69, 9.17) is 4.74 Å². The lowest BCUT2D eigenvalue weighted by Gasteiger charge is -2.11. The summed E-state index contributed by atoms with van der Waals surface area (Å²) in [4.78, 5) is 9.18. The van der Waals surface area contributed by atoms with Crippen LogP contribution in [0.4, 0.5) is 26.3 Å². The zero-order valence-electron chi connectivity index (χ0n) is 14.1. The van der Waals surface area contributed by atoms with Gasteiger partial charge in [-0.1, -0.05) is 12.1 Å². The van der Waals surface area contributed by atoms with Gasteiger partial charge >= 0.3 is 12.4 Å². The van der Waals surface area contributed by atoms with Gasteiger partial charge in [0.1, 0.15) is 12.4 Å². The van der Waals surface area contributed by atoms with E-state index < -0.39 is 23.5 Å². The molecule has 3 nitrogen and oxygen atoms in total. The normalized spacial score (nSPS) is 11.2. The topological polar surface area (TPSA) is 35.5 Å². The Balaban J connectivity index is 0.000000646. The van der Waals surface area contributed by atoms with Gasteiger partial charge in [0.05, 0.1) is 17.7 Å². The number of benzene rings is 2. The van der Waals surface area contributed by atoms with Crippen LogP contribution in [0.25, 0.3) is 0 Å². The van der Waals surface area contributed by atoms with Crippen molar-refractivity contribution in [3.63, 3.8) is 0 Å². The van der Waals surface area contributed by atoms with Crippen LogP contribution in [-0.2, 0) is 28.5 Å². The highest BCUT2D eigenvalue weighted by Crippen LogP contribution is 2.31. The minimum Gasteiger partial charge on any atom is -0.489 e. The van der Waals surface area contributed by atoms with Crippen LogP contribution >= 0.6 is 0 Å². The second-order valence-corrected chi connectivity index (χ2v) is 5.06. The monoisotopic (exact) mass is 394 g/mol. The van der Waals surface area contributed by atoms with E-state index in [-0.39, 0.29) is 17.9 Å². The van der Waals surface area contributed by atoms with Crippen molar-refractivity contribution >= 4 is 6.47 Å². The fourth-order valence-corrected chi connectivity index (χ4v) is 1.81. The SMILES string of the molecule is CCOC=O.FC(F)(F)c1ccc(OCc2cccc(C(F)(F)F)c2)cc1. The number of rotatable bonds is 5. The van der Waals surface area contributed by atoms with E-state index in [9.17, 15) is 31.1 Å². The molecule has 0 N–H and O–H groups in total. The molecule has 9 heteroatoms. The predicted molar refractivity (Wildman–Crippen MR) is 84.9 cm³/mol. The highest BCUT2D eigenvalue weighted by atomic mass is 19.4. The molecular formula is C18H16F6O3. The third-order valence-electron chi connectivity index (χ3n) is 3.08. The summed E-state index contributed by atoms with van der Waals surface area (Å²) < 4.78 is 84.1. The molecule has 0 saturated carbocycles. The fourth-order valence-electron chi connectivity index (χ4n) is 1.81. The van der Waals surface area contributed by atoms with Gasteiger partial charge < -0.3 is 9.47 Å². The summed E-state index contributed by atoms with van der Waals surface area (Å²) in [5.74, 6) is 0.144. The van der Waals surface area contributed by atoms with Gasteiger partial charge in [0.2, 0.25) is 0 Å².